The molecule has 0 saturated heterocycles. The van der Waals surface area contributed by atoms with E-state index >= 15 is 0 Å². The fourth-order valence-corrected chi connectivity index (χ4v) is 8.90. The van der Waals surface area contributed by atoms with Gasteiger partial charge in [0, 0.05) is 6.92 Å². The van der Waals surface area contributed by atoms with Crippen LogP contribution >= 0.6 is 0 Å². The predicted octanol–water partition coefficient (Wildman–Crippen LogP) is 4.36. The van der Waals surface area contributed by atoms with Crippen molar-refractivity contribution >= 4 is 11.9 Å². The Morgan fingerprint density at radius 2 is 1.80 bits per heavy atom. The van der Waals surface area contributed by atoms with E-state index in [2.05, 4.69) is 13.8 Å². The molecule has 10 atom stereocenters. The van der Waals surface area contributed by atoms with Crippen molar-refractivity contribution in [2.45, 2.75) is 91.3 Å². The standard InChI is InChI=1S/C25H40O5/c1-14(23(28)29-5)19-8-9-20-18-7-6-16-12-17(30-15(2)26)10-11-24(16,3)22(18)21(27)13-25(19,20)4/h14,16-22,27H,6-13H2,1-5H3/t14-,16-,17-,18+,19+,20-,21+,22+,24+,25+/m1/s1. The van der Waals surface area contributed by atoms with Crippen molar-refractivity contribution in [3.8, 4) is 0 Å². The normalized spacial score (nSPS) is 48.7. The summed E-state index contributed by atoms with van der Waals surface area (Å²) in [6.45, 7) is 8.24. The third-order valence-electron chi connectivity index (χ3n) is 10.1. The maximum Gasteiger partial charge on any atom is 0.308 e. The molecule has 0 spiro atoms. The van der Waals surface area contributed by atoms with Crippen molar-refractivity contribution in [1.29, 1.82) is 0 Å². The highest BCUT2D eigenvalue weighted by atomic mass is 16.5. The van der Waals surface area contributed by atoms with Gasteiger partial charge in [-0.25, -0.2) is 0 Å². The zero-order valence-corrected chi connectivity index (χ0v) is 19.4. The van der Waals surface area contributed by atoms with Crippen molar-refractivity contribution in [1.82, 2.24) is 0 Å². The second-order valence-corrected chi connectivity index (χ2v) is 11.4. The molecule has 0 radical (unpaired) electrons. The van der Waals surface area contributed by atoms with Crippen molar-refractivity contribution < 1.29 is 24.2 Å². The van der Waals surface area contributed by atoms with Crippen LogP contribution in [0, 0.1) is 46.3 Å². The molecule has 0 aliphatic heterocycles. The SMILES string of the molecule is COC(=O)[C@H](C)[C@@H]1CC[C@@H]2[C@@H]3CC[C@@H]4C[C@H](OC(C)=O)CC[C@]4(C)[C@@H]3[C@@H](O)C[C@]21C. The highest BCUT2D eigenvalue weighted by Gasteiger charge is 2.64. The average Bonchev–Trinajstić information content (AvgIpc) is 3.02. The predicted molar refractivity (Wildman–Crippen MR) is 113 cm³/mol. The first-order valence-corrected chi connectivity index (χ1v) is 12.0. The Labute approximate surface area is 181 Å². The van der Waals surface area contributed by atoms with Gasteiger partial charge >= 0.3 is 11.9 Å². The summed E-state index contributed by atoms with van der Waals surface area (Å²) >= 11 is 0. The number of esters is 2. The van der Waals surface area contributed by atoms with Gasteiger partial charge in [0.05, 0.1) is 19.1 Å². The number of aliphatic hydroxyl groups is 1. The molecule has 0 aromatic rings. The van der Waals surface area contributed by atoms with Crippen LogP contribution in [0.4, 0.5) is 0 Å². The number of methoxy groups -OCH3 is 1. The Balaban J connectivity index is 1.56. The monoisotopic (exact) mass is 420 g/mol. The van der Waals surface area contributed by atoms with Gasteiger partial charge in [0.25, 0.3) is 0 Å². The van der Waals surface area contributed by atoms with E-state index in [1.165, 1.54) is 14.0 Å². The van der Waals surface area contributed by atoms with Crippen LogP contribution in [0.3, 0.4) is 0 Å². The summed E-state index contributed by atoms with van der Waals surface area (Å²) in [5, 5.41) is 11.5. The molecule has 0 unspecified atom stereocenters. The van der Waals surface area contributed by atoms with Crippen molar-refractivity contribution in [3.63, 3.8) is 0 Å². The lowest BCUT2D eigenvalue weighted by Crippen LogP contribution is -2.59. The van der Waals surface area contributed by atoms with E-state index in [1.54, 1.807) is 0 Å². The Morgan fingerprint density at radius 1 is 1.07 bits per heavy atom. The zero-order chi connectivity index (χ0) is 21.8. The van der Waals surface area contributed by atoms with Crippen LogP contribution in [0.25, 0.3) is 0 Å². The summed E-state index contributed by atoms with van der Waals surface area (Å²) in [6.07, 6.45) is 7.91. The Hall–Kier alpha value is -1.10. The summed E-state index contributed by atoms with van der Waals surface area (Å²) in [7, 11) is 1.48. The number of rotatable bonds is 3. The summed E-state index contributed by atoms with van der Waals surface area (Å²) in [6, 6.07) is 0. The quantitative estimate of drug-likeness (QED) is 0.687. The van der Waals surface area contributed by atoms with Gasteiger partial charge in [-0.15, -0.1) is 0 Å². The van der Waals surface area contributed by atoms with E-state index in [1.807, 2.05) is 6.92 Å². The largest absolute Gasteiger partial charge is 0.469 e. The molecular weight excluding hydrogens is 380 g/mol. The summed E-state index contributed by atoms with van der Waals surface area (Å²) in [4.78, 5) is 23.8. The second-order valence-electron chi connectivity index (χ2n) is 11.4. The Kier molecular flexibility index (Phi) is 5.74. The van der Waals surface area contributed by atoms with Gasteiger partial charge in [0.2, 0.25) is 0 Å². The lowest BCUT2D eigenvalue weighted by atomic mass is 9.43. The third kappa shape index (κ3) is 3.30. The lowest BCUT2D eigenvalue weighted by Gasteiger charge is -2.62. The molecule has 5 nitrogen and oxygen atoms in total. The maximum atomic E-state index is 12.3. The fourth-order valence-electron chi connectivity index (χ4n) is 8.90. The molecular formula is C25H40O5. The number of carbonyl (C=O) groups is 2. The van der Waals surface area contributed by atoms with E-state index < -0.39 is 0 Å². The minimum atomic E-state index is -0.320. The molecule has 1 N–H and O–H groups in total. The van der Waals surface area contributed by atoms with Gasteiger partial charge < -0.3 is 14.6 Å². The minimum absolute atomic E-state index is 0.00628. The van der Waals surface area contributed by atoms with Crippen LogP contribution in [0.5, 0.6) is 0 Å². The van der Waals surface area contributed by atoms with E-state index in [9.17, 15) is 14.7 Å². The molecule has 170 valence electrons. The lowest BCUT2D eigenvalue weighted by molar-refractivity contribution is -0.187. The first kappa shape index (κ1) is 22.1. The first-order chi connectivity index (χ1) is 14.1. The van der Waals surface area contributed by atoms with Gasteiger partial charge in [-0.1, -0.05) is 20.8 Å². The summed E-state index contributed by atoms with van der Waals surface area (Å²) in [5.74, 6) is 1.82. The van der Waals surface area contributed by atoms with Crippen LogP contribution in [-0.2, 0) is 19.1 Å². The van der Waals surface area contributed by atoms with Gasteiger partial charge in [-0.2, -0.15) is 0 Å². The molecule has 4 rings (SSSR count). The van der Waals surface area contributed by atoms with Crippen LogP contribution in [0.15, 0.2) is 0 Å². The first-order valence-electron chi connectivity index (χ1n) is 12.0. The van der Waals surface area contributed by atoms with Crippen molar-refractivity contribution in [3.05, 3.63) is 0 Å². The fraction of sp³-hybridized carbons (Fsp3) is 0.920. The molecule has 30 heavy (non-hydrogen) atoms. The number of hydrogen-bond acceptors (Lipinski definition) is 5. The van der Waals surface area contributed by atoms with Crippen molar-refractivity contribution in [2.24, 2.45) is 46.3 Å². The second kappa shape index (κ2) is 7.79. The van der Waals surface area contributed by atoms with E-state index in [-0.39, 0.29) is 46.8 Å². The van der Waals surface area contributed by atoms with Gasteiger partial charge in [-0.3, -0.25) is 9.59 Å². The van der Waals surface area contributed by atoms with Gasteiger partial charge in [-0.05, 0) is 91.8 Å². The highest BCUT2D eigenvalue weighted by molar-refractivity contribution is 5.72. The topological polar surface area (TPSA) is 72.8 Å². The summed E-state index contributed by atoms with van der Waals surface area (Å²) < 4.78 is 10.6. The van der Waals surface area contributed by atoms with Crippen LogP contribution < -0.4 is 0 Å². The highest BCUT2D eigenvalue weighted by Crippen LogP contribution is 2.68. The minimum Gasteiger partial charge on any atom is -0.469 e. The van der Waals surface area contributed by atoms with E-state index in [0.29, 0.717) is 23.7 Å². The number of ether oxygens (including phenoxy) is 2. The molecule has 0 aromatic carbocycles. The number of hydrogen-bond donors (Lipinski definition) is 1. The number of fused-ring (bicyclic) bond motifs is 5. The molecule has 0 aromatic heterocycles. The number of aliphatic hydroxyl groups excluding tert-OH is 1. The van der Waals surface area contributed by atoms with E-state index in [0.717, 1.165) is 51.4 Å². The van der Waals surface area contributed by atoms with Gasteiger partial charge in [0.1, 0.15) is 6.10 Å². The molecule has 4 saturated carbocycles. The van der Waals surface area contributed by atoms with Crippen LogP contribution in [-0.4, -0.2) is 36.4 Å². The van der Waals surface area contributed by atoms with E-state index in [4.69, 9.17) is 9.47 Å². The third-order valence-corrected chi connectivity index (χ3v) is 10.1. The van der Waals surface area contributed by atoms with Crippen LogP contribution in [0.2, 0.25) is 0 Å². The van der Waals surface area contributed by atoms with Crippen LogP contribution in [0.1, 0.15) is 79.1 Å². The summed E-state index contributed by atoms with van der Waals surface area (Å²) in [5.41, 5.74) is 0.124. The zero-order valence-electron chi connectivity index (χ0n) is 19.4. The Bertz CT molecular complexity index is 691. The van der Waals surface area contributed by atoms with Crippen molar-refractivity contribution in [2.75, 3.05) is 7.11 Å². The molecule has 4 fully saturated rings. The smallest absolute Gasteiger partial charge is 0.308 e. The average molecular weight is 421 g/mol. The maximum absolute atomic E-state index is 12.3. The number of carbonyl (C=O) groups excluding carboxylic acids is 2. The molecule has 0 amide bonds. The molecule has 0 heterocycles. The molecule has 5 heteroatoms. The Morgan fingerprint density at radius 3 is 2.47 bits per heavy atom. The molecule has 4 aliphatic carbocycles. The molecule has 0 bridgehead atoms. The van der Waals surface area contributed by atoms with Gasteiger partial charge in [0.15, 0.2) is 0 Å². The molecule has 4 aliphatic rings.